The molecule has 0 bridgehead atoms. The van der Waals surface area contributed by atoms with E-state index in [9.17, 15) is 0 Å². The first-order chi connectivity index (χ1) is 8.19. The molecule has 0 saturated carbocycles. The van der Waals surface area contributed by atoms with E-state index in [1.165, 1.54) is 5.56 Å². The summed E-state index contributed by atoms with van der Waals surface area (Å²) in [5, 5.41) is 0.00819. The van der Waals surface area contributed by atoms with Crippen LogP contribution in [0.1, 0.15) is 35.8 Å². The number of methoxy groups -OCH3 is 2. The van der Waals surface area contributed by atoms with Crippen LogP contribution in [0.3, 0.4) is 0 Å². The van der Waals surface area contributed by atoms with Gasteiger partial charge in [-0.3, -0.25) is 0 Å². The summed E-state index contributed by atoms with van der Waals surface area (Å²) in [5.74, 6) is 1.75. The van der Waals surface area contributed by atoms with Gasteiger partial charge in [0.25, 0.3) is 0 Å². The first kappa shape index (κ1) is 13.0. The van der Waals surface area contributed by atoms with Gasteiger partial charge in [0.05, 0.1) is 24.1 Å². The summed E-state index contributed by atoms with van der Waals surface area (Å²) in [6.07, 6.45) is 4.29. The van der Waals surface area contributed by atoms with E-state index in [1.807, 2.05) is 6.07 Å². The lowest BCUT2D eigenvalue weighted by molar-refractivity contribution is 0.392. The van der Waals surface area contributed by atoms with E-state index in [0.29, 0.717) is 0 Å². The van der Waals surface area contributed by atoms with Crippen molar-refractivity contribution in [3.63, 3.8) is 0 Å². The number of alkyl halides is 1. The summed E-state index contributed by atoms with van der Waals surface area (Å²) >= 11 is 10.00. The molecule has 0 N–H and O–H groups in total. The molecule has 0 radical (unpaired) electrons. The zero-order valence-corrected chi connectivity index (χ0v) is 12.4. The average Bonchev–Trinajstić information content (AvgIpc) is 2.51. The van der Waals surface area contributed by atoms with Crippen molar-refractivity contribution < 1.29 is 9.47 Å². The smallest absolute Gasteiger partial charge is 0.138 e. The average molecular weight is 320 g/mol. The lowest BCUT2D eigenvalue weighted by Gasteiger charge is -2.19. The van der Waals surface area contributed by atoms with E-state index >= 15 is 0 Å². The van der Waals surface area contributed by atoms with Crippen LogP contribution in [-0.2, 0) is 6.42 Å². The normalized spacial score (nSPS) is 19.4. The maximum atomic E-state index is 6.48. The molecule has 17 heavy (non-hydrogen) atoms. The van der Waals surface area contributed by atoms with Gasteiger partial charge in [0.1, 0.15) is 11.5 Å². The summed E-state index contributed by atoms with van der Waals surface area (Å²) in [6.45, 7) is 0. The van der Waals surface area contributed by atoms with Crippen LogP contribution in [0.4, 0.5) is 0 Å². The van der Waals surface area contributed by atoms with Gasteiger partial charge in [0.2, 0.25) is 0 Å². The van der Waals surface area contributed by atoms with E-state index in [1.54, 1.807) is 14.2 Å². The Morgan fingerprint density at radius 1 is 1.29 bits per heavy atom. The Morgan fingerprint density at radius 3 is 2.71 bits per heavy atom. The van der Waals surface area contributed by atoms with Gasteiger partial charge in [-0.05, 0) is 41.3 Å². The minimum absolute atomic E-state index is 0.00819. The fourth-order valence-electron chi connectivity index (χ4n) is 2.41. The van der Waals surface area contributed by atoms with Crippen LogP contribution in [0.5, 0.6) is 11.5 Å². The third-order valence-corrected chi connectivity index (χ3v) is 4.24. The van der Waals surface area contributed by atoms with Crippen molar-refractivity contribution >= 4 is 27.5 Å². The van der Waals surface area contributed by atoms with E-state index in [0.717, 1.165) is 47.2 Å². The van der Waals surface area contributed by atoms with Crippen molar-refractivity contribution in [2.24, 2.45) is 0 Å². The van der Waals surface area contributed by atoms with Crippen LogP contribution >= 0.6 is 27.5 Å². The molecular weight excluding hydrogens is 303 g/mol. The van der Waals surface area contributed by atoms with Crippen molar-refractivity contribution in [3.05, 3.63) is 21.7 Å². The summed E-state index contributed by atoms with van der Waals surface area (Å²) in [5.41, 5.74) is 2.29. The predicted octanol–water partition coefficient (Wildman–Crippen LogP) is 4.47. The molecule has 0 saturated heterocycles. The van der Waals surface area contributed by atoms with E-state index in [-0.39, 0.29) is 5.38 Å². The van der Waals surface area contributed by atoms with Crippen molar-refractivity contribution in [1.82, 2.24) is 0 Å². The molecule has 4 heteroatoms. The number of hydrogen-bond acceptors (Lipinski definition) is 2. The number of hydrogen-bond donors (Lipinski definition) is 0. The van der Waals surface area contributed by atoms with Crippen molar-refractivity contribution in [2.75, 3.05) is 14.2 Å². The number of benzene rings is 1. The van der Waals surface area contributed by atoms with Gasteiger partial charge in [-0.1, -0.05) is 6.42 Å². The van der Waals surface area contributed by atoms with Crippen molar-refractivity contribution in [1.29, 1.82) is 0 Å². The Labute approximate surface area is 115 Å². The van der Waals surface area contributed by atoms with Crippen LogP contribution in [0.25, 0.3) is 0 Å². The second kappa shape index (κ2) is 5.49. The highest BCUT2D eigenvalue weighted by Gasteiger charge is 2.25. The first-order valence-corrected chi connectivity index (χ1v) is 6.99. The maximum Gasteiger partial charge on any atom is 0.138 e. The molecule has 0 aliphatic heterocycles. The topological polar surface area (TPSA) is 18.5 Å². The molecule has 0 fully saturated rings. The molecular formula is C13H16BrClO2. The molecule has 0 heterocycles. The van der Waals surface area contributed by atoms with Crippen LogP contribution in [0.2, 0.25) is 0 Å². The molecule has 2 rings (SSSR count). The second-order valence-electron chi connectivity index (χ2n) is 4.20. The van der Waals surface area contributed by atoms with Gasteiger partial charge in [-0.25, -0.2) is 0 Å². The van der Waals surface area contributed by atoms with Crippen molar-refractivity contribution in [2.45, 2.75) is 31.1 Å². The molecule has 0 spiro atoms. The van der Waals surface area contributed by atoms with Gasteiger partial charge < -0.3 is 9.47 Å². The maximum absolute atomic E-state index is 6.48. The zero-order chi connectivity index (χ0) is 12.4. The zero-order valence-electron chi connectivity index (χ0n) is 10.1. The van der Waals surface area contributed by atoms with Crippen LogP contribution in [-0.4, -0.2) is 14.2 Å². The molecule has 0 aromatic heterocycles. The monoisotopic (exact) mass is 318 g/mol. The molecule has 1 aromatic rings. The molecule has 94 valence electrons. The Morgan fingerprint density at radius 2 is 2.06 bits per heavy atom. The third-order valence-electron chi connectivity index (χ3n) is 3.21. The van der Waals surface area contributed by atoms with Crippen LogP contribution in [0.15, 0.2) is 10.5 Å². The van der Waals surface area contributed by atoms with E-state index in [4.69, 9.17) is 21.1 Å². The number of ether oxygens (including phenoxy) is 2. The van der Waals surface area contributed by atoms with Crippen LogP contribution < -0.4 is 9.47 Å². The SMILES string of the molecule is COc1cc(Br)c(OC)c2c1CCCCC2Cl. The fraction of sp³-hybridized carbons (Fsp3) is 0.538. The molecule has 1 aromatic carbocycles. The summed E-state index contributed by atoms with van der Waals surface area (Å²) < 4.78 is 11.8. The standard InChI is InChI=1S/C13H16BrClO2/c1-16-11-7-9(14)13(17-2)12-8(11)5-3-4-6-10(12)15/h7,10H,3-6H2,1-2H3. The highest BCUT2D eigenvalue weighted by atomic mass is 79.9. The minimum atomic E-state index is 0.00819. The molecule has 1 unspecified atom stereocenters. The van der Waals surface area contributed by atoms with Crippen molar-refractivity contribution in [3.8, 4) is 11.5 Å². The van der Waals surface area contributed by atoms with Gasteiger partial charge >= 0.3 is 0 Å². The highest BCUT2D eigenvalue weighted by molar-refractivity contribution is 9.10. The first-order valence-electron chi connectivity index (χ1n) is 5.76. The summed E-state index contributed by atoms with van der Waals surface area (Å²) in [6, 6.07) is 1.96. The third kappa shape index (κ3) is 2.41. The van der Waals surface area contributed by atoms with Gasteiger partial charge in [-0.2, -0.15) is 0 Å². The van der Waals surface area contributed by atoms with E-state index < -0.39 is 0 Å². The molecule has 1 aliphatic carbocycles. The van der Waals surface area contributed by atoms with E-state index in [2.05, 4.69) is 15.9 Å². The van der Waals surface area contributed by atoms with Gasteiger partial charge in [0, 0.05) is 11.1 Å². The Balaban J connectivity index is 2.65. The number of halogens is 2. The Kier molecular flexibility index (Phi) is 4.21. The molecule has 0 amide bonds. The van der Waals surface area contributed by atoms with Gasteiger partial charge in [0.15, 0.2) is 0 Å². The largest absolute Gasteiger partial charge is 0.496 e. The second-order valence-corrected chi connectivity index (χ2v) is 5.58. The summed E-state index contributed by atoms with van der Waals surface area (Å²) in [4.78, 5) is 0. The molecule has 1 aliphatic rings. The Bertz CT molecular complexity index is 420. The number of rotatable bonds is 2. The predicted molar refractivity (Wildman–Crippen MR) is 73.4 cm³/mol. The minimum Gasteiger partial charge on any atom is -0.496 e. The number of fused-ring (bicyclic) bond motifs is 1. The lowest BCUT2D eigenvalue weighted by atomic mass is 10.0. The van der Waals surface area contributed by atoms with Crippen LogP contribution in [0, 0.1) is 0 Å². The van der Waals surface area contributed by atoms with Gasteiger partial charge in [-0.15, -0.1) is 11.6 Å². The lowest BCUT2D eigenvalue weighted by Crippen LogP contribution is -2.02. The molecule has 1 atom stereocenters. The molecule has 2 nitrogen and oxygen atoms in total. The summed E-state index contributed by atoms with van der Waals surface area (Å²) in [7, 11) is 3.38. The Hall–Kier alpha value is -0.410. The highest BCUT2D eigenvalue weighted by Crippen LogP contribution is 2.46. The fourth-order valence-corrected chi connectivity index (χ4v) is 3.38. The quantitative estimate of drug-likeness (QED) is 0.591.